The fraction of sp³-hybridized carbons (Fsp3) is 0.458. The molecule has 0 bridgehead atoms. The molecule has 2 saturated heterocycles. The van der Waals surface area contributed by atoms with Crippen LogP contribution in [0, 0.1) is 15.9 Å². The first-order chi connectivity index (χ1) is 17.7. The Hall–Kier alpha value is -3.74. The summed E-state index contributed by atoms with van der Waals surface area (Å²) in [6, 6.07) is 7.36. The molecule has 4 rings (SSSR count). The summed E-state index contributed by atoms with van der Waals surface area (Å²) in [4.78, 5) is 52.1. The van der Waals surface area contributed by atoms with E-state index in [9.17, 15) is 24.5 Å². The molecule has 1 aromatic heterocycles. The van der Waals surface area contributed by atoms with Crippen LogP contribution in [0.1, 0.15) is 36.4 Å². The molecule has 2 aromatic rings. The number of hydrogen-bond donors (Lipinski definition) is 1. The number of halogens is 1. The van der Waals surface area contributed by atoms with Crippen molar-refractivity contribution in [2.24, 2.45) is 0 Å². The number of nitrogens with one attached hydrogen (secondary N) is 1. The SMILES string of the molecule is CCN(C(=O)c1ccc([N+](=O)[O-])s1)C1CCN(c2ccc(N3C[C@H](CNC(C)=O)OC3=O)cc2F)CC1. The fourth-order valence-corrected chi connectivity index (χ4v) is 5.46. The molecule has 0 unspecified atom stereocenters. The maximum absolute atomic E-state index is 15.1. The van der Waals surface area contributed by atoms with Crippen LogP contribution in [0.5, 0.6) is 0 Å². The zero-order chi connectivity index (χ0) is 26.7. The van der Waals surface area contributed by atoms with Crippen molar-refractivity contribution in [2.75, 3.05) is 42.5 Å². The molecule has 2 fully saturated rings. The lowest BCUT2D eigenvalue weighted by Crippen LogP contribution is -2.47. The van der Waals surface area contributed by atoms with Gasteiger partial charge >= 0.3 is 11.1 Å². The quantitative estimate of drug-likeness (QED) is 0.407. The van der Waals surface area contributed by atoms with Crippen LogP contribution in [0.15, 0.2) is 30.3 Å². The zero-order valence-electron chi connectivity index (χ0n) is 20.5. The van der Waals surface area contributed by atoms with Crippen LogP contribution in [0.4, 0.5) is 25.6 Å². The van der Waals surface area contributed by atoms with Gasteiger partial charge in [-0.1, -0.05) is 11.3 Å². The van der Waals surface area contributed by atoms with Crippen molar-refractivity contribution < 1.29 is 28.4 Å². The molecule has 1 atom stereocenters. The second kappa shape index (κ2) is 11.1. The highest BCUT2D eigenvalue weighted by Gasteiger charge is 2.34. The largest absolute Gasteiger partial charge is 0.442 e. The highest BCUT2D eigenvalue weighted by atomic mass is 32.1. The fourth-order valence-electron chi connectivity index (χ4n) is 4.68. The number of thiophene rings is 1. The number of amides is 3. The molecule has 3 amide bonds. The van der Waals surface area contributed by atoms with Gasteiger partial charge in [0.25, 0.3) is 5.91 Å². The second-order valence-corrected chi connectivity index (χ2v) is 9.96. The topological polar surface area (TPSA) is 125 Å². The lowest BCUT2D eigenvalue weighted by molar-refractivity contribution is -0.380. The first kappa shape index (κ1) is 26.3. The second-order valence-electron chi connectivity index (χ2n) is 8.89. The minimum atomic E-state index is -0.594. The van der Waals surface area contributed by atoms with Crippen molar-refractivity contribution in [2.45, 2.75) is 38.8 Å². The Morgan fingerprint density at radius 3 is 2.59 bits per heavy atom. The molecule has 198 valence electrons. The van der Waals surface area contributed by atoms with Crippen LogP contribution in [0.3, 0.4) is 0 Å². The molecule has 3 heterocycles. The van der Waals surface area contributed by atoms with E-state index < -0.39 is 22.9 Å². The molecule has 0 radical (unpaired) electrons. The predicted octanol–water partition coefficient (Wildman–Crippen LogP) is 3.39. The molecule has 0 saturated carbocycles. The van der Waals surface area contributed by atoms with Gasteiger partial charge in [-0.25, -0.2) is 9.18 Å². The Labute approximate surface area is 216 Å². The lowest BCUT2D eigenvalue weighted by Gasteiger charge is -2.39. The van der Waals surface area contributed by atoms with Crippen molar-refractivity contribution in [1.82, 2.24) is 10.2 Å². The van der Waals surface area contributed by atoms with Crippen molar-refractivity contribution in [3.8, 4) is 0 Å². The van der Waals surface area contributed by atoms with Crippen molar-refractivity contribution in [3.05, 3.63) is 51.1 Å². The smallest absolute Gasteiger partial charge is 0.414 e. The maximum atomic E-state index is 15.1. The van der Waals surface area contributed by atoms with Gasteiger partial charge < -0.3 is 19.9 Å². The Bertz CT molecular complexity index is 1200. The molecule has 2 aliphatic rings. The van der Waals surface area contributed by atoms with E-state index in [1.165, 1.54) is 30.0 Å². The molecule has 37 heavy (non-hydrogen) atoms. The third-order valence-corrected chi connectivity index (χ3v) is 7.55. The number of anilines is 2. The number of carbonyl (C=O) groups is 3. The Morgan fingerprint density at radius 2 is 2.00 bits per heavy atom. The maximum Gasteiger partial charge on any atom is 0.414 e. The van der Waals surface area contributed by atoms with Gasteiger partial charge in [-0.3, -0.25) is 24.6 Å². The summed E-state index contributed by atoms with van der Waals surface area (Å²) >= 11 is 0.866. The summed E-state index contributed by atoms with van der Waals surface area (Å²) in [5.41, 5.74) is 0.784. The number of benzene rings is 1. The third-order valence-electron chi connectivity index (χ3n) is 6.53. The molecular weight excluding hydrogens is 505 g/mol. The van der Waals surface area contributed by atoms with E-state index >= 15 is 4.39 Å². The molecule has 1 aromatic carbocycles. The van der Waals surface area contributed by atoms with Crippen LogP contribution in [0.25, 0.3) is 0 Å². The summed E-state index contributed by atoms with van der Waals surface area (Å²) in [6.07, 6.45) is 0.140. The summed E-state index contributed by atoms with van der Waals surface area (Å²) in [6.45, 7) is 5.16. The van der Waals surface area contributed by atoms with Gasteiger partial charge in [-0.2, -0.15) is 0 Å². The van der Waals surface area contributed by atoms with Crippen LogP contribution >= 0.6 is 11.3 Å². The number of carbonyl (C=O) groups excluding carboxylic acids is 3. The minimum Gasteiger partial charge on any atom is -0.442 e. The highest BCUT2D eigenvalue weighted by Crippen LogP contribution is 2.31. The highest BCUT2D eigenvalue weighted by molar-refractivity contribution is 7.17. The molecular formula is C24H28FN5O6S. The number of cyclic esters (lactones) is 1. The average molecular weight is 534 g/mol. The third kappa shape index (κ3) is 5.82. The standard InChI is InChI=1S/C24H28FN5O6S/c1-3-28(23(32)21-6-7-22(37-21)30(34)35)16-8-10-27(11-9-16)20-5-4-17(12-19(20)25)29-14-18(36-24(29)33)13-26-15(2)31/h4-7,12,16,18H,3,8-11,13-14H2,1-2H3,(H,26,31)/t18-/m0/s1. The van der Waals surface area contributed by atoms with Gasteiger partial charge in [0.05, 0.1) is 34.3 Å². The molecule has 11 nitrogen and oxygen atoms in total. The lowest BCUT2D eigenvalue weighted by atomic mass is 10.0. The van der Waals surface area contributed by atoms with E-state index in [2.05, 4.69) is 5.32 Å². The number of nitro groups is 1. The van der Waals surface area contributed by atoms with Crippen molar-refractivity contribution in [3.63, 3.8) is 0 Å². The summed E-state index contributed by atoms with van der Waals surface area (Å²) in [5.74, 6) is -0.928. The van der Waals surface area contributed by atoms with E-state index in [4.69, 9.17) is 4.74 Å². The van der Waals surface area contributed by atoms with E-state index in [1.807, 2.05) is 11.8 Å². The first-order valence-corrected chi connectivity index (χ1v) is 12.8. The molecule has 0 spiro atoms. The molecule has 2 aliphatic heterocycles. The number of rotatable bonds is 8. The average Bonchev–Trinajstić information content (AvgIpc) is 3.51. The zero-order valence-corrected chi connectivity index (χ0v) is 21.3. The van der Waals surface area contributed by atoms with E-state index in [0.29, 0.717) is 48.7 Å². The van der Waals surface area contributed by atoms with Crippen LogP contribution in [0.2, 0.25) is 0 Å². The summed E-state index contributed by atoms with van der Waals surface area (Å²) in [5, 5.41) is 13.5. The van der Waals surface area contributed by atoms with Crippen LogP contribution < -0.4 is 15.1 Å². The van der Waals surface area contributed by atoms with Gasteiger partial charge in [-0.15, -0.1) is 0 Å². The monoisotopic (exact) mass is 533 g/mol. The van der Waals surface area contributed by atoms with E-state index in [0.717, 1.165) is 11.3 Å². The van der Waals surface area contributed by atoms with Crippen LogP contribution in [-0.4, -0.2) is 72.6 Å². The Kier molecular flexibility index (Phi) is 7.91. The van der Waals surface area contributed by atoms with Gasteiger partial charge in [0.2, 0.25) is 5.91 Å². The van der Waals surface area contributed by atoms with Crippen LogP contribution in [-0.2, 0) is 9.53 Å². The van der Waals surface area contributed by atoms with Crippen molar-refractivity contribution >= 4 is 45.6 Å². The number of piperidine rings is 1. The summed E-state index contributed by atoms with van der Waals surface area (Å²) in [7, 11) is 0. The number of nitrogens with zero attached hydrogens (tertiary/aromatic N) is 4. The van der Waals surface area contributed by atoms with E-state index in [1.54, 1.807) is 17.0 Å². The Morgan fingerprint density at radius 1 is 1.27 bits per heavy atom. The van der Waals surface area contributed by atoms with E-state index in [-0.39, 0.29) is 35.9 Å². The normalized spacial score (nSPS) is 18.0. The summed E-state index contributed by atoms with van der Waals surface area (Å²) < 4.78 is 20.4. The molecule has 13 heteroatoms. The van der Waals surface area contributed by atoms with Gasteiger partial charge in [0, 0.05) is 38.7 Å². The van der Waals surface area contributed by atoms with Gasteiger partial charge in [0.1, 0.15) is 11.9 Å². The number of ether oxygens (including phenoxy) is 1. The predicted molar refractivity (Wildman–Crippen MR) is 136 cm³/mol. The van der Waals surface area contributed by atoms with Gasteiger partial charge in [0.15, 0.2) is 0 Å². The number of hydrogen-bond acceptors (Lipinski definition) is 8. The Balaban J connectivity index is 1.37. The van der Waals surface area contributed by atoms with Crippen molar-refractivity contribution in [1.29, 1.82) is 0 Å². The molecule has 0 aliphatic carbocycles. The van der Waals surface area contributed by atoms with Gasteiger partial charge in [-0.05, 0) is 44.0 Å². The first-order valence-electron chi connectivity index (χ1n) is 12.0. The minimum absolute atomic E-state index is 0.0582. The molecule has 1 N–H and O–H groups in total.